The summed E-state index contributed by atoms with van der Waals surface area (Å²) < 4.78 is 21.4. The topological polar surface area (TPSA) is 50.5 Å². The Morgan fingerprint density at radius 2 is 1.89 bits per heavy atom. The van der Waals surface area contributed by atoms with Gasteiger partial charge in [-0.05, 0) is 73.8 Å². The van der Waals surface area contributed by atoms with Crippen molar-refractivity contribution in [2.24, 2.45) is 5.92 Å². The number of rotatable bonds is 9. The molecule has 35 heavy (non-hydrogen) atoms. The minimum absolute atomic E-state index is 0.215. The molecule has 2 aromatic carbocycles. The molecule has 188 valence electrons. The first kappa shape index (κ1) is 26.0. The molecule has 0 unspecified atom stereocenters. The number of hydrogen-bond donors (Lipinski definition) is 1. The Labute approximate surface area is 216 Å². The van der Waals surface area contributed by atoms with E-state index in [1.807, 2.05) is 24.4 Å². The quantitative estimate of drug-likeness (QED) is 0.364. The van der Waals surface area contributed by atoms with E-state index in [9.17, 15) is 9.50 Å². The number of likely N-dealkylation sites (tertiary alicyclic amines) is 1. The molecule has 2 heterocycles. The largest absolute Gasteiger partial charge is 0.495 e. The zero-order valence-corrected chi connectivity index (χ0v) is 22.1. The standard InChI is InChI=1S/C27H33ClFN3O2S/c1-27(2,20-4-9-23(28)24(16-20)34-3)25-17-30-26(32(25)22-7-5-21(29)6-8-22)35-18-19-10-12-31(13-11-19)14-15-33/h4-9,16-17,19,33H,10-15,18H2,1-3H3. The van der Waals surface area contributed by atoms with Gasteiger partial charge >= 0.3 is 0 Å². The molecule has 1 N–H and O–H groups in total. The molecule has 1 aliphatic rings. The van der Waals surface area contributed by atoms with Gasteiger partial charge in [-0.2, -0.15) is 0 Å². The zero-order valence-electron chi connectivity index (χ0n) is 20.5. The van der Waals surface area contributed by atoms with Crippen molar-refractivity contribution >= 4 is 23.4 Å². The Morgan fingerprint density at radius 3 is 2.54 bits per heavy atom. The van der Waals surface area contributed by atoms with Gasteiger partial charge in [-0.3, -0.25) is 4.57 Å². The lowest BCUT2D eigenvalue weighted by Gasteiger charge is -2.31. The van der Waals surface area contributed by atoms with Gasteiger partial charge < -0.3 is 14.7 Å². The van der Waals surface area contributed by atoms with Gasteiger partial charge in [0.1, 0.15) is 11.6 Å². The second-order valence-corrected chi connectivity index (χ2v) is 10.9. The van der Waals surface area contributed by atoms with Gasteiger partial charge in [0.25, 0.3) is 0 Å². The molecule has 3 aromatic rings. The highest BCUT2D eigenvalue weighted by atomic mass is 35.5. The number of aliphatic hydroxyl groups is 1. The lowest BCUT2D eigenvalue weighted by atomic mass is 9.81. The second kappa shape index (κ2) is 11.3. The summed E-state index contributed by atoms with van der Waals surface area (Å²) in [6.45, 7) is 7.31. The fourth-order valence-corrected chi connectivity index (χ4v) is 6.00. The Hall–Kier alpha value is -2.06. The number of aromatic nitrogens is 2. The first-order valence-electron chi connectivity index (χ1n) is 12.0. The van der Waals surface area contributed by atoms with E-state index in [0.717, 1.165) is 60.3 Å². The molecule has 0 radical (unpaired) electrons. The molecule has 0 atom stereocenters. The molecule has 0 aliphatic carbocycles. The van der Waals surface area contributed by atoms with Gasteiger partial charge in [-0.15, -0.1) is 0 Å². The maximum absolute atomic E-state index is 13.8. The molecule has 0 spiro atoms. The second-order valence-electron chi connectivity index (χ2n) is 9.53. The normalized spacial score (nSPS) is 15.5. The summed E-state index contributed by atoms with van der Waals surface area (Å²) in [4.78, 5) is 7.15. The lowest BCUT2D eigenvalue weighted by Crippen LogP contribution is -2.36. The third kappa shape index (κ3) is 5.85. The number of nitrogens with zero attached hydrogens (tertiary/aromatic N) is 3. The van der Waals surface area contributed by atoms with E-state index >= 15 is 0 Å². The van der Waals surface area contributed by atoms with Crippen LogP contribution in [0.25, 0.3) is 5.69 Å². The molecule has 8 heteroatoms. The molecule has 1 aromatic heterocycles. The van der Waals surface area contributed by atoms with Gasteiger partial charge in [0.15, 0.2) is 5.16 Å². The SMILES string of the molecule is COc1cc(C(C)(C)c2cnc(SCC3CCN(CCO)CC3)n2-c2ccc(F)cc2)ccc1Cl. The van der Waals surface area contributed by atoms with Crippen LogP contribution in [-0.4, -0.2) is 58.7 Å². The van der Waals surface area contributed by atoms with Crippen LogP contribution in [0.3, 0.4) is 0 Å². The summed E-state index contributed by atoms with van der Waals surface area (Å²) >= 11 is 8.04. The number of piperidine rings is 1. The van der Waals surface area contributed by atoms with Gasteiger partial charge in [0.05, 0.1) is 30.6 Å². The Bertz CT molecular complexity index is 1130. The number of methoxy groups -OCH3 is 1. The van der Waals surface area contributed by atoms with Crippen LogP contribution in [0, 0.1) is 11.7 Å². The summed E-state index contributed by atoms with van der Waals surface area (Å²) in [6, 6.07) is 12.4. The number of imidazole rings is 1. The first-order chi connectivity index (χ1) is 16.8. The van der Waals surface area contributed by atoms with Gasteiger partial charge in [-0.1, -0.05) is 43.3 Å². The number of ether oxygens (including phenoxy) is 1. The van der Waals surface area contributed by atoms with Crippen molar-refractivity contribution in [3.63, 3.8) is 0 Å². The van der Waals surface area contributed by atoms with Crippen molar-refractivity contribution < 1.29 is 14.2 Å². The van der Waals surface area contributed by atoms with E-state index < -0.39 is 5.41 Å². The number of benzene rings is 2. The van der Waals surface area contributed by atoms with E-state index in [2.05, 4.69) is 23.3 Å². The predicted molar refractivity (Wildman–Crippen MR) is 141 cm³/mol. The van der Waals surface area contributed by atoms with Gasteiger partial charge in [-0.25, -0.2) is 9.37 Å². The van der Waals surface area contributed by atoms with Crippen LogP contribution in [0.1, 0.15) is 37.9 Å². The fraction of sp³-hybridized carbons (Fsp3) is 0.444. The number of thioether (sulfide) groups is 1. The molecule has 0 amide bonds. The third-order valence-electron chi connectivity index (χ3n) is 6.90. The summed E-state index contributed by atoms with van der Waals surface area (Å²) in [6.07, 6.45) is 4.16. The molecule has 1 aliphatic heterocycles. The van der Waals surface area contributed by atoms with Crippen molar-refractivity contribution in [1.29, 1.82) is 0 Å². The number of halogens is 2. The Morgan fingerprint density at radius 1 is 1.17 bits per heavy atom. The molecule has 1 fully saturated rings. The van der Waals surface area contributed by atoms with Crippen LogP contribution in [0.15, 0.2) is 53.8 Å². The summed E-state index contributed by atoms with van der Waals surface area (Å²) in [7, 11) is 1.61. The lowest BCUT2D eigenvalue weighted by molar-refractivity contribution is 0.153. The van der Waals surface area contributed by atoms with Crippen molar-refractivity contribution in [1.82, 2.24) is 14.5 Å². The smallest absolute Gasteiger partial charge is 0.172 e. The van der Waals surface area contributed by atoms with E-state index in [1.165, 1.54) is 12.1 Å². The van der Waals surface area contributed by atoms with Crippen molar-refractivity contribution in [2.75, 3.05) is 39.1 Å². The molecule has 4 rings (SSSR count). The van der Waals surface area contributed by atoms with E-state index in [4.69, 9.17) is 21.3 Å². The maximum Gasteiger partial charge on any atom is 0.172 e. The highest BCUT2D eigenvalue weighted by Gasteiger charge is 2.30. The first-order valence-corrected chi connectivity index (χ1v) is 13.3. The molecule has 5 nitrogen and oxygen atoms in total. The number of hydrogen-bond acceptors (Lipinski definition) is 5. The summed E-state index contributed by atoms with van der Waals surface area (Å²) in [5, 5.41) is 10.7. The van der Waals surface area contributed by atoms with Crippen LogP contribution in [0.5, 0.6) is 5.75 Å². The number of β-amino-alcohol motifs (C(OH)–C–C–N with tert-alkyl or cyclic N) is 1. The Balaban J connectivity index is 1.64. The van der Waals surface area contributed by atoms with E-state index in [-0.39, 0.29) is 12.4 Å². The molecule has 0 saturated carbocycles. The molecule has 1 saturated heterocycles. The van der Waals surface area contributed by atoms with Gasteiger partial charge in [0, 0.05) is 23.4 Å². The molecular formula is C27H33ClFN3O2S. The zero-order chi connectivity index (χ0) is 25.0. The van der Waals surface area contributed by atoms with Gasteiger partial charge in [0.2, 0.25) is 0 Å². The minimum atomic E-state index is -0.409. The van der Waals surface area contributed by atoms with Crippen molar-refractivity contribution in [2.45, 2.75) is 37.3 Å². The van der Waals surface area contributed by atoms with Crippen LogP contribution in [0.2, 0.25) is 5.02 Å². The number of aliphatic hydroxyl groups excluding tert-OH is 1. The average Bonchev–Trinajstić information content (AvgIpc) is 3.29. The van der Waals surface area contributed by atoms with Crippen LogP contribution in [0.4, 0.5) is 4.39 Å². The fourth-order valence-electron chi connectivity index (χ4n) is 4.62. The summed E-state index contributed by atoms with van der Waals surface area (Å²) in [5.41, 5.74) is 2.53. The van der Waals surface area contributed by atoms with Crippen molar-refractivity contribution in [3.05, 3.63) is 70.8 Å². The maximum atomic E-state index is 13.8. The van der Waals surface area contributed by atoms with E-state index in [0.29, 0.717) is 16.7 Å². The van der Waals surface area contributed by atoms with Crippen LogP contribution >= 0.6 is 23.4 Å². The minimum Gasteiger partial charge on any atom is -0.495 e. The molecular weight excluding hydrogens is 485 g/mol. The highest BCUT2D eigenvalue weighted by Crippen LogP contribution is 2.39. The van der Waals surface area contributed by atoms with E-state index in [1.54, 1.807) is 31.0 Å². The van der Waals surface area contributed by atoms with Crippen LogP contribution in [-0.2, 0) is 5.41 Å². The average molecular weight is 518 g/mol. The predicted octanol–water partition coefficient (Wildman–Crippen LogP) is 5.80. The monoisotopic (exact) mass is 517 g/mol. The third-order valence-corrected chi connectivity index (χ3v) is 8.40. The highest BCUT2D eigenvalue weighted by molar-refractivity contribution is 7.99. The van der Waals surface area contributed by atoms with Crippen LogP contribution < -0.4 is 4.74 Å². The summed E-state index contributed by atoms with van der Waals surface area (Å²) in [5.74, 6) is 1.94. The van der Waals surface area contributed by atoms with Crippen molar-refractivity contribution in [3.8, 4) is 11.4 Å². The molecule has 0 bridgehead atoms. The Kier molecular flexibility index (Phi) is 8.42.